The second-order valence-electron chi connectivity index (χ2n) is 8.60. The standard InChI is InChI=1S/C26H22N10O3/c1-36-23-17(24(38)34-36)13-29-26(33-23)31-21-11-19(30-20(14-37)15-7-3-2-4-8-15)16(12-28-21)25-32-22(35-39-25)18-9-5-6-10-27-18/h2-13,20,37H,14H2,1H3,(H,34,38)(H2,28,29,30,31,33)/t20-/m1/s1. The fraction of sp³-hybridized carbons (Fsp3) is 0.115. The van der Waals surface area contributed by atoms with Crippen molar-refractivity contribution in [3.05, 3.63) is 89.1 Å². The summed E-state index contributed by atoms with van der Waals surface area (Å²) < 4.78 is 7.09. The number of aliphatic hydroxyl groups excluding tert-OH is 1. The zero-order chi connectivity index (χ0) is 26.8. The Morgan fingerprint density at radius 3 is 2.69 bits per heavy atom. The van der Waals surface area contributed by atoms with Gasteiger partial charge in [0.2, 0.25) is 11.8 Å². The average molecular weight is 523 g/mol. The Bertz CT molecular complexity index is 1800. The molecular weight excluding hydrogens is 500 g/mol. The molecule has 0 aliphatic carbocycles. The van der Waals surface area contributed by atoms with Gasteiger partial charge in [0, 0.05) is 31.7 Å². The minimum absolute atomic E-state index is 0.168. The molecule has 0 aliphatic heterocycles. The van der Waals surface area contributed by atoms with Crippen LogP contribution in [0.3, 0.4) is 0 Å². The van der Waals surface area contributed by atoms with Crippen LogP contribution in [0.15, 0.2) is 82.5 Å². The molecule has 1 aromatic carbocycles. The van der Waals surface area contributed by atoms with Crippen LogP contribution in [0.2, 0.25) is 0 Å². The molecule has 0 amide bonds. The van der Waals surface area contributed by atoms with E-state index in [9.17, 15) is 9.90 Å². The van der Waals surface area contributed by atoms with Gasteiger partial charge >= 0.3 is 0 Å². The molecule has 6 rings (SSSR count). The van der Waals surface area contributed by atoms with Gasteiger partial charge in [-0.2, -0.15) is 9.97 Å². The number of H-pyrrole nitrogens is 1. The Labute approximate surface area is 220 Å². The fourth-order valence-corrected chi connectivity index (χ4v) is 4.08. The van der Waals surface area contributed by atoms with Crippen LogP contribution in [0.25, 0.3) is 34.0 Å². The van der Waals surface area contributed by atoms with Crippen molar-refractivity contribution >= 4 is 28.5 Å². The summed E-state index contributed by atoms with van der Waals surface area (Å²) >= 11 is 0. The predicted molar refractivity (Wildman–Crippen MR) is 143 cm³/mol. The number of pyridine rings is 2. The quantitative estimate of drug-likeness (QED) is 0.231. The van der Waals surface area contributed by atoms with Crippen LogP contribution < -0.4 is 16.2 Å². The molecule has 0 aliphatic rings. The summed E-state index contributed by atoms with van der Waals surface area (Å²) in [5, 5.41) is 23.7. The first-order chi connectivity index (χ1) is 19.1. The van der Waals surface area contributed by atoms with Crippen molar-refractivity contribution < 1.29 is 9.63 Å². The molecule has 13 heteroatoms. The number of aliphatic hydroxyl groups is 1. The molecule has 4 N–H and O–H groups in total. The van der Waals surface area contributed by atoms with Crippen LogP contribution in [0.1, 0.15) is 11.6 Å². The summed E-state index contributed by atoms with van der Waals surface area (Å²) in [6.07, 6.45) is 4.67. The van der Waals surface area contributed by atoms with Crippen LogP contribution in [0.5, 0.6) is 0 Å². The van der Waals surface area contributed by atoms with Crippen LogP contribution in [0.4, 0.5) is 17.5 Å². The van der Waals surface area contributed by atoms with Crippen LogP contribution in [-0.2, 0) is 7.05 Å². The molecule has 39 heavy (non-hydrogen) atoms. The molecule has 5 aromatic heterocycles. The van der Waals surface area contributed by atoms with E-state index in [-0.39, 0.29) is 24.0 Å². The van der Waals surface area contributed by atoms with Crippen molar-refractivity contribution in [1.82, 2.24) is 39.9 Å². The van der Waals surface area contributed by atoms with E-state index in [1.54, 1.807) is 37.6 Å². The van der Waals surface area contributed by atoms with Gasteiger partial charge in [-0.05, 0) is 17.7 Å². The molecule has 0 saturated carbocycles. The Morgan fingerprint density at radius 2 is 1.90 bits per heavy atom. The Hall–Kier alpha value is -5.43. The van der Waals surface area contributed by atoms with Gasteiger partial charge in [-0.1, -0.05) is 41.6 Å². The molecule has 13 nitrogen and oxygen atoms in total. The lowest BCUT2D eigenvalue weighted by Crippen LogP contribution is -2.15. The molecular formula is C26H22N10O3. The van der Waals surface area contributed by atoms with E-state index in [1.807, 2.05) is 36.4 Å². The maximum absolute atomic E-state index is 12.0. The molecule has 0 spiro atoms. The van der Waals surface area contributed by atoms with Gasteiger partial charge in [0.15, 0.2) is 5.65 Å². The van der Waals surface area contributed by atoms with Crippen molar-refractivity contribution in [2.75, 3.05) is 17.2 Å². The predicted octanol–water partition coefficient (Wildman–Crippen LogP) is 3.05. The number of anilines is 3. The fourth-order valence-electron chi connectivity index (χ4n) is 4.08. The van der Waals surface area contributed by atoms with E-state index in [0.29, 0.717) is 39.6 Å². The van der Waals surface area contributed by atoms with Crippen LogP contribution >= 0.6 is 0 Å². The van der Waals surface area contributed by atoms with Gasteiger partial charge in [0.25, 0.3) is 11.4 Å². The van der Waals surface area contributed by atoms with Gasteiger partial charge in [0.1, 0.15) is 16.9 Å². The van der Waals surface area contributed by atoms with Gasteiger partial charge in [0.05, 0.1) is 23.9 Å². The summed E-state index contributed by atoms with van der Waals surface area (Å²) in [5.41, 5.74) is 2.73. The van der Waals surface area contributed by atoms with E-state index < -0.39 is 6.04 Å². The molecule has 0 radical (unpaired) electrons. The van der Waals surface area contributed by atoms with Crippen LogP contribution in [0, 0.1) is 0 Å². The third kappa shape index (κ3) is 4.81. The molecule has 6 aromatic rings. The topological polar surface area (TPSA) is 173 Å². The van der Waals surface area contributed by atoms with Crippen molar-refractivity contribution in [2.45, 2.75) is 6.04 Å². The first-order valence-electron chi connectivity index (χ1n) is 12.0. The van der Waals surface area contributed by atoms with Gasteiger partial charge in [-0.25, -0.2) is 9.97 Å². The summed E-state index contributed by atoms with van der Waals surface area (Å²) in [6, 6.07) is 16.3. The van der Waals surface area contributed by atoms with Gasteiger partial charge in [-0.3, -0.25) is 19.6 Å². The molecule has 5 heterocycles. The highest BCUT2D eigenvalue weighted by Crippen LogP contribution is 2.32. The monoisotopic (exact) mass is 522 g/mol. The van der Waals surface area contributed by atoms with Crippen molar-refractivity contribution in [1.29, 1.82) is 0 Å². The lowest BCUT2D eigenvalue weighted by molar-refractivity contribution is 0.276. The average Bonchev–Trinajstić information content (AvgIpc) is 3.57. The van der Waals surface area contributed by atoms with Crippen molar-refractivity contribution in [3.8, 4) is 23.0 Å². The maximum Gasteiger partial charge on any atom is 0.275 e. The molecule has 0 fully saturated rings. The minimum Gasteiger partial charge on any atom is -0.394 e. The SMILES string of the molecule is Cn1[nH]c(=O)c2cnc(Nc3cc(N[C@H](CO)c4ccccc4)c(-c4nc(-c5ccccn5)no4)cn3)nc21. The van der Waals surface area contributed by atoms with Gasteiger partial charge < -0.3 is 20.3 Å². The van der Waals surface area contributed by atoms with Gasteiger partial charge in [-0.15, -0.1) is 0 Å². The summed E-state index contributed by atoms with van der Waals surface area (Å²) in [6.45, 7) is -0.168. The highest BCUT2D eigenvalue weighted by atomic mass is 16.5. The number of rotatable bonds is 8. The van der Waals surface area contributed by atoms with E-state index >= 15 is 0 Å². The number of aryl methyl sites for hydroxylation is 1. The highest BCUT2D eigenvalue weighted by molar-refractivity contribution is 5.77. The van der Waals surface area contributed by atoms with Crippen LogP contribution in [-0.4, -0.2) is 51.6 Å². The zero-order valence-corrected chi connectivity index (χ0v) is 20.6. The second kappa shape index (κ2) is 10.1. The summed E-state index contributed by atoms with van der Waals surface area (Å²) in [5.74, 6) is 1.22. The van der Waals surface area contributed by atoms with E-state index in [2.05, 4.69) is 45.8 Å². The number of nitrogens with one attached hydrogen (secondary N) is 3. The Balaban J connectivity index is 1.38. The Kier molecular flexibility index (Phi) is 6.23. The largest absolute Gasteiger partial charge is 0.394 e. The number of fused-ring (bicyclic) bond motifs is 1. The number of hydrogen-bond donors (Lipinski definition) is 4. The lowest BCUT2D eigenvalue weighted by atomic mass is 10.1. The molecule has 0 saturated heterocycles. The third-order valence-corrected chi connectivity index (χ3v) is 6.01. The van der Waals surface area contributed by atoms with E-state index in [0.717, 1.165) is 5.56 Å². The minimum atomic E-state index is -0.430. The number of benzene rings is 1. The first kappa shape index (κ1) is 23.9. The number of aromatic amines is 1. The second-order valence-corrected chi connectivity index (χ2v) is 8.60. The lowest BCUT2D eigenvalue weighted by Gasteiger charge is -2.20. The smallest absolute Gasteiger partial charge is 0.275 e. The third-order valence-electron chi connectivity index (χ3n) is 6.01. The molecule has 0 unspecified atom stereocenters. The highest BCUT2D eigenvalue weighted by Gasteiger charge is 2.20. The van der Waals surface area contributed by atoms with Crippen molar-refractivity contribution in [2.24, 2.45) is 7.05 Å². The normalized spacial score (nSPS) is 11.9. The summed E-state index contributed by atoms with van der Waals surface area (Å²) in [7, 11) is 1.69. The molecule has 0 bridgehead atoms. The van der Waals surface area contributed by atoms with E-state index in [1.165, 1.54) is 10.9 Å². The number of nitrogens with zero attached hydrogens (tertiary/aromatic N) is 7. The molecule has 194 valence electrons. The maximum atomic E-state index is 12.0. The Morgan fingerprint density at radius 1 is 1.05 bits per heavy atom. The van der Waals surface area contributed by atoms with Crippen molar-refractivity contribution in [3.63, 3.8) is 0 Å². The number of hydrogen-bond acceptors (Lipinski definition) is 11. The van der Waals surface area contributed by atoms with E-state index in [4.69, 9.17) is 4.52 Å². The zero-order valence-electron chi connectivity index (χ0n) is 20.6. The first-order valence-corrected chi connectivity index (χ1v) is 12.0. The number of aromatic nitrogens is 8. The molecule has 1 atom stereocenters. The summed E-state index contributed by atoms with van der Waals surface area (Å²) in [4.78, 5) is 33.9.